The second-order valence-corrected chi connectivity index (χ2v) is 18.2. The van der Waals surface area contributed by atoms with Crippen molar-refractivity contribution >= 4 is 62.2 Å². The molecular formula is C39H52N7O18P2+. The van der Waals surface area contributed by atoms with Gasteiger partial charge in [0.05, 0.1) is 19.5 Å². The molecule has 10 atom stereocenters. The molecule has 1 amide bonds. The molecule has 27 heteroatoms. The van der Waals surface area contributed by atoms with Gasteiger partial charge in [-0.05, 0) is 31.7 Å². The molecule has 2 aliphatic rings. The van der Waals surface area contributed by atoms with Crippen molar-refractivity contribution in [2.45, 2.75) is 128 Å². The van der Waals surface area contributed by atoms with E-state index in [4.69, 9.17) is 43.2 Å². The molecule has 66 heavy (non-hydrogen) atoms. The lowest BCUT2D eigenvalue weighted by molar-refractivity contribution is -0.765. The molecule has 0 aromatic carbocycles. The van der Waals surface area contributed by atoms with Crippen molar-refractivity contribution in [3.05, 3.63) is 55.1 Å². The van der Waals surface area contributed by atoms with Crippen LogP contribution in [0.2, 0.25) is 0 Å². The number of primary amides is 1. The number of carbonyl (C=O) groups excluding carboxylic acids is 5. The van der Waals surface area contributed by atoms with Crippen molar-refractivity contribution < 1.29 is 89.2 Å². The number of carbonyl (C=O) groups is 5. The first kappa shape index (κ1) is 50.2. The molecule has 6 heterocycles. The Kier molecular flexibility index (Phi) is 16.8. The summed E-state index contributed by atoms with van der Waals surface area (Å²) < 4.78 is 81.2. The van der Waals surface area contributed by atoms with Gasteiger partial charge >= 0.3 is 45.8 Å². The van der Waals surface area contributed by atoms with E-state index >= 15 is 0 Å². The molecule has 0 aliphatic carbocycles. The molecule has 2 fully saturated rings. The van der Waals surface area contributed by atoms with E-state index in [0.717, 1.165) is 0 Å². The first-order chi connectivity index (χ1) is 31.5. The minimum Gasteiger partial charge on any atom is -0.455 e. The Labute approximate surface area is 376 Å². The number of fused-ring (bicyclic) bond motifs is 3. The lowest BCUT2D eigenvalue weighted by Crippen LogP contribution is -2.49. The van der Waals surface area contributed by atoms with Crippen LogP contribution in [0.15, 0.2) is 49.6 Å². The second kappa shape index (κ2) is 22.0. The summed E-state index contributed by atoms with van der Waals surface area (Å²) in [6, 6.07) is 2.86. The molecule has 4 N–H and O–H groups in total. The smallest absolute Gasteiger partial charge is 0.455 e. The maximum Gasteiger partial charge on any atom is 0.481 e. The zero-order chi connectivity index (χ0) is 47.8. The number of hydrogen-bond acceptors (Lipinski definition) is 19. The molecule has 2 unspecified atom stereocenters. The van der Waals surface area contributed by atoms with Crippen molar-refractivity contribution in [3.63, 3.8) is 0 Å². The number of pyridine rings is 1. The van der Waals surface area contributed by atoms with E-state index in [-0.39, 0.29) is 36.9 Å². The highest BCUT2D eigenvalue weighted by molar-refractivity contribution is 7.61. The summed E-state index contributed by atoms with van der Waals surface area (Å²) in [5.74, 6) is -3.66. The van der Waals surface area contributed by atoms with Gasteiger partial charge < -0.3 is 43.9 Å². The van der Waals surface area contributed by atoms with Crippen molar-refractivity contribution in [2.24, 2.45) is 5.73 Å². The Hall–Kier alpha value is -5.23. The maximum atomic E-state index is 13.4. The quantitative estimate of drug-likeness (QED) is 0.0416. The number of esters is 4. The van der Waals surface area contributed by atoms with Crippen LogP contribution in [0.25, 0.3) is 16.8 Å². The van der Waals surface area contributed by atoms with Gasteiger partial charge in [-0.1, -0.05) is 27.7 Å². The predicted octanol–water partition coefficient (Wildman–Crippen LogP) is 3.06. The Morgan fingerprint density at radius 3 is 1.82 bits per heavy atom. The normalized spacial score (nSPS) is 24.7. The molecule has 2 saturated heterocycles. The number of phosphoric ester groups is 2. The Morgan fingerprint density at radius 2 is 1.26 bits per heavy atom. The number of hydrogen-bond donors (Lipinski definition) is 3. The largest absolute Gasteiger partial charge is 0.481 e. The Balaban J connectivity index is 1.21. The third-order valence-corrected chi connectivity index (χ3v) is 12.7. The van der Waals surface area contributed by atoms with Crippen LogP contribution in [0.3, 0.4) is 0 Å². The van der Waals surface area contributed by atoms with Gasteiger partial charge in [-0.15, -0.1) is 0 Å². The molecule has 0 spiro atoms. The van der Waals surface area contributed by atoms with Gasteiger partial charge in [-0.2, -0.15) is 8.88 Å². The molecule has 25 nitrogen and oxygen atoms in total. The summed E-state index contributed by atoms with van der Waals surface area (Å²) in [5.41, 5.74) is 6.51. The number of nitrogens with two attached hydrogens (primary N) is 1. The van der Waals surface area contributed by atoms with Gasteiger partial charge in [-0.25, -0.2) is 24.1 Å². The highest BCUT2D eigenvalue weighted by Crippen LogP contribution is 2.61. The SMILES string of the molecule is CCCC(=O)O[C@@H]1[C@H](OC(=O)CCC)[C@@H](COP(=O)(O)OP(=O)(O)OC[C@H]2O[C@@H]([n+]3cccc(C(N)=O)c3)[C@H](OC(=O)CCC)[C@@H]2OC(=O)CCC)O[C@H]1n1cnc2c1ncn1ccnc21. The summed E-state index contributed by atoms with van der Waals surface area (Å²) in [5, 5.41) is 0. The van der Waals surface area contributed by atoms with Crippen molar-refractivity contribution in [3.8, 4) is 0 Å². The first-order valence-electron chi connectivity index (χ1n) is 21.2. The maximum absolute atomic E-state index is 13.4. The molecular weight excluding hydrogens is 916 g/mol. The second-order valence-electron chi connectivity index (χ2n) is 15.2. The van der Waals surface area contributed by atoms with Crippen molar-refractivity contribution in [2.75, 3.05) is 13.2 Å². The average Bonchev–Trinajstić information content (AvgIpc) is 4.05. The Bertz CT molecular complexity index is 2480. The summed E-state index contributed by atoms with van der Waals surface area (Å²) in [6.07, 6.45) is -1.27. The summed E-state index contributed by atoms with van der Waals surface area (Å²) in [4.78, 5) is 98.4. The van der Waals surface area contributed by atoms with Gasteiger partial charge in [0.25, 0.3) is 5.91 Å². The molecule has 6 rings (SSSR count). The first-order valence-corrected chi connectivity index (χ1v) is 24.2. The van der Waals surface area contributed by atoms with Crippen LogP contribution in [-0.2, 0) is 70.1 Å². The fourth-order valence-electron chi connectivity index (χ4n) is 7.19. The van der Waals surface area contributed by atoms with E-state index in [1.165, 1.54) is 52.5 Å². The monoisotopic (exact) mass is 968 g/mol. The molecule has 0 saturated carbocycles. The van der Waals surface area contributed by atoms with Gasteiger partial charge in [0.2, 0.25) is 6.10 Å². The van der Waals surface area contributed by atoms with Crippen LogP contribution in [-0.4, -0.2) is 113 Å². The minimum atomic E-state index is -5.61. The van der Waals surface area contributed by atoms with Crippen LogP contribution in [0, 0.1) is 0 Å². The van der Waals surface area contributed by atoms with Gasteiger partial charge in [0, 0.05) is 44.1 Å². The van der Waals surface area contributed by atoms with Gasteiger partial charge in [0.1, 0.15) is 24.1 Å². The van der Waals surface area contributed by atoms with Crippen LogP contribution < -0.4 is 10.3 Å². The molecule has 2 aliphatic heterocycles. The van der Waals surface area contributed by atoms with E-state index in [9.17, 15) is 42.9 Å². The molecule has 0 radical (unpaired) electrons. The standard InChI is InChI=1S/C39H51N7O18P2/c1-5-10-26(47)60-31-24(58-38(33(31)62-28(49)12-7-3)44-16-9-14-23(18-44)35(40)51)19-56-65(52,53)64-66(54,55)57-20-25-32(61-27(48)11-6-2)34(63-29(50)13-8-4)39(59-25)46-22-42-30-36-41-15-17-45(36)21-43-37(30)46/h9,14-18,21-22,24-25,31-34,38-39H,5-8,10-13,19-20H2,1-4H3,(H3-,40,51,52,53,54,55)/p+1/t24-,25-,31-,32-,33-,34-,38-,39-/m1/s1. The molecule has 360 valence electrons. The number of aromatic nitrogens is 6. The highest BCUT2D eigenvalue weighted by Gasteiger charge is 2.56. The van der Waals surface area contributed by atoms with E-state index in [0.29, 0.717) is 36.8 Å². The number of ether oxygens (including phenoxy) is 6. The summed E-state index contributed by atoms with van der Waals surface area (Å²) in [7, 11) is -11.2. The van der Waals surface area contributed by atoms with Crippen LogP contribution >= 0.6 is 15.6 Å². The number of amides is 1. The fraction of sp³-hybridized carbons (Fsp3) is 0.564. The number of rotatable bonds is 23. The van der Waals surface area contributed by atoms with Crippen LogP contribution in [0.4, 0.5) is 0 Å². The lowest BCUT2D eigenvalue weighted by atomic mass is 10.1. The highest BCUT2D eigenvalue weighted by atomic mass is 31.3. The van der Waals surface area contributed by atoms with E-state index in [1.807, 2.05) is 0 Å². The van der Waals surface area contributed by atoms with Crippen LogP contribution in [0.1, 0.15) is 102 Å². The van der Waals surface area contributed by atoms with Gasteiger partial charge in [-0.3, -0.25) is 42.0 Å². The average molecular weight is 969 g/mol. The minimum absolute atomic E-state index is 0.0242. The van der Waals surface area contributed by atoms with Crippen LogP contribution in [0.5, 0.6) is 0 Å². The number of phosphoric acid groups is 2. The third-order valence-electron chi connectivity index (χ3n) is 10.1. The topological polar surface area (TPSA) is 321 Å². The summed E-state index contributed by atoms with van der Waals surface area (Å²) >= 11 is 0. The van der Waals surface area contributed by atoms with E-state index in [2.05, 4.69) is 19.3 Å². The van der Waals surface area contributed by atoms with E-state index < -0.39 is 108 Å². The zero-order valence-corrected chi connectivity index (χ0v) is 38.2. The van der Waals surface area contributed by atoms with Crippen molar-refractivity contribution in [1.29, 1.82) is 0 Å². The molecule has 0 bridgehead atoms. The molecule has 4 aromatic heterocycles. The third kappa shape index (κ3) is 12.2. The van der Waals surface area contributed by atoms with E-state index in [1.54, 1.807) is 38.3 Å². The predicted molar refractivity (Wildman–Crippen MR) is 221 cm³/mol. The zero-order valence-electron chi connectivity index (χ0n) is 36.4. The fourth-order valence-corrected chi connectivity index (χ4v) is 9.28. The van der Waals surface area contributed by atoms with Crippen molar-refractivity contribution in [1.82, 2.24) is 23.9 Å². The number of nitrogens with zero attached hydrogens (tertiary/aromatic N) is 6. The summed E-state index contributed by atoms with van der Waals surface area (Å²) in [6.45, 7) is 5.00. The van der Waals surface area contributed by atoms with Gasteiger partial charge in [0.15, 0.2) is 53.7 Å². The number of imidazole rings is 2. The molecule has 4 aromatic rings. The Morgan fingerprint density at radius 1 is 0.727 bits per heavy atom. The lowest BCUT2D eigenvalue weighted by Gasteiger charge is -2.25.